The lowest BCUT2D eigenvalue weighted by Gasteiger charge is -2.27. The molecule has 2 aromatic carbocycles. The van der Waals surface area contributed by atoms with Crippen LogP contribution >= 0.6 is 0 Å². The average molecular weight is 362 g/mol. The van der Waals surface area contributed by atoms with Gasteiger partial charge in [0.15, 0.2) is 11.3 Å². The van der Waals surface area contributed by atoms with Gasteiger partial charge in [-0.2, -0.15) is 5.26 Å². The zero-order chi connectivity index (χ0) is 18.6. The minimum absolute atomic E-state index is 0.0958. The molecule has 0 unspecified atom stereocenters. The highest BCUT2D eigenvalue weighted by atomic mass is 16.5. The van der Waals surface area contributed by atoms with Gasteiger partial charge >= 0.3 is 0 Å². The Kier molecular flexibility index (Phi) is 4.77. The summed E-state index contributed by atoms with van der Waals surface area (Å²) in [4.78, 5) is 14.5. The molecule has 3 aromatic rings. The number of nitrogens with zero attached hydrogens (tertiary/aromatic N) is 2. The molecule has 0 atom stereocenters. The molecule has 1 aliphatic heterocycles. The predicted molar refractivity (Wildman–Crippen MR) is 101 cm³/mol. The summed E-state index contributed by atoms with van der Waals surface area (Å²) in [5.74, 6) is 1.17. The molecule has 0 N–H and O–H groups in total. The summed E-state index contributed by atoms with van der Waals surface area (Å²) >= 11 is 0. The van der Waals surface area contributed by atoms with Crippen molar-refractivity contribution in [1.82, 2.24) is 0 Å². The number of hydrogen-bond acceptors (Lipinski definition) is 6. The van der Waals surface area contributed by atoms with Crippen LogP contribution in [0.4, 0.5) is 5.88 Å². The molecular formula is C21H18N2O4. The van der Waals surface area contributed by atoms with E-state index in [1.54, 1.807) is 30.3 Å². The van der Waals surface area contributed by atoms with Crippen molar-refractivity contribution >= 4 is 16.9 Å². The molecule has 1 aromatic heterocycles. The fourth-order valence-electron chi connectivity index (χ4n) is 2.99. The fraction of sp³-hybridized carbons (Fsp3) is 0.238. The van der Waals surface area contributed by atoms with Gasteiger partial charge < -0.3 is 18.8 Å². The highest BCUT2D eigenvalue weighted by Gasteiger charge is 2.15. The van der Waals surface area contributed by atoms with Crippen molar-refractivity contribution in [3.8, 4) is 11.8 Å². The Morgan fingerprint density at radius 3 is 2.59 bits per heavy atom. The molecule has 0 spiro atoms. The molecule has 6 nitrogen and oxygen atoms in total. The Bertz CT molecular complexity index is 1040. The molecule has 0 radical (unpaired) electrons. The van der Waals surface area contributed by atoms with Crippen molar-refractivity contribution in [2.24, 2.45) is 0 Å². The van der Waals surface area contributed by atoms with E-state index in [1.165, 1.54) is 6.07 Å². The van der Waals surface area contributed by atoms with Crippen LogP contribution in [0.1, 0.15) is 11.1 Å². The topological polar surface area (TPSA) is 75.7 Å². The number of ether oxygens (including phenoxy) is 2. The zero-order valence-electron chi connectivity index (χ0n) is 14.7. The van der Waals surface area contributed by atoms with E-state index in [2.05, 4.69) is 6.07 Å². The smallest absolute Gasteiger partial charge is 0.200 e. The van der Waals surface area contributed by atoms with Gasteiger partial charge in [-0.05, 0) is 35.9 Å². The minimum Gasteiger partial charge on any atom is -0.489 e. The van der Waals surface area contributed by atoms with Gasteiger partial charge in [-0.15, -0.1) is 0 Å². The largest absolute Gasteiger partial charge is 0.489 e. The van der Waals surface area contributed by atoms with E-state index in [0.717, 1.165) is 5.56 Å². The van der Waals surface area contributed by atoms with Crippen LogP contribution in [0.3, 0.4) is 0 Å². The number of morpholine rings is 1. The fourth-order valence-corrected chi connectivity index (χ4v) is 2.99. The number of benzene rings is 2. The standard InChI is InChI=1S/C21H18N2O4/c22-13-15-1-3-16(4-2-15)14-26-17-5-6-20-18(11-17)19(24)12-21(27-20)23-7-9-25-10-8-23/h1-6,11-12H,7-10,14H2. The lowest BCUT2D eigenvalue weighted by molar-refractivity contribution is 0.121. The van der Waals surface area contributed by atoms with Crippen molar-refractivity contribution in [1.29, 1.82) is 5.26 Å². The second-order valence-corrected chi connectivity index (χ2v) is 6.30. The molecule has 4 rings (SSSR count). The van der Waals surface area contributed by atoms with Crippen LogP contribution in [-0.4, -0.2) is 26.3 Å². The number of anilines is 1. The van der Waals surface area contributed by atoms with E-state index in [9.17, 15) is 4.79 Å². The summed E-state index contributed by atoms with van der Waals surface area (Å²) in [6, 6.07) is 16.1. The van der Waals surface area contributed by atoms with E-state index < -0.39 is 0 Å². The molecule has 0 saturated carbocycles. The number of nitriles is 1. The summed E-state index contributed by atoms with van der Waals surface area (Å²) in [5.41, 5.74) is 2.00. The average Bonchev–Trinajstić information content (AvgIpc) is 2.73. The van der Waals surface area contributed by atoms with E-state index in [0.29, 0.717) is 61.1 Å². The van der Waals surface area contributed by atoms with E-state index in [1.807, 2.05) is 17.0 Å². The molecule has 1 fully saturated rings. The van der Waals surface area contributed by atoms with Gasteiger partial charge in [0, 0.05) is 19.2 Å². The van der Waals surface area contributed by atoms with Crippen LogP contribution in [0.25, 0.3) is 11.0 Å². The Balaban J connectivity index is 1.54. The minimum atomic E-state index is -0.0958. The van der Waals surface area contributed by atoms with Crippen molar-refractivity contribution in [2.45, 2.75) is 6.61 Å². The molecule has 2 heterocycles. The van der Waals surface area contributed by atoms with E-state index in [4.69, 9.17) is 19.2 Å². The predicted octanol–water partition coefficient (Wildman–Crippen LogP) is 3.08. The molecule has 27 heavy (non-hydrogen) atoms. The van der Waals surface area contributed by atoms with Gasteiger partial charge in [0.05, 0.1) is 30.2 Å². The lowest BCUT2D eigenvalue weighted by atomic mass is 10.1. The van der Waals surface area contributed by atoms with Gasteiger partial charge in [0.1, 0.15) is 17.9 Å². The van der Waals surface area contributed by atoms with Crippen LogP contribution in [0.5, 0.6) is 5.75 Å². The molecule has 6 heteroatoms. The molecule has 0 amide bonds. The van der Waals surface area contributed by atoms with Crippen molar-refractivity contribution in [3.05, 3.63) is 69.9 Å². The third-order valence-corrected chi connectivity index (χ3v) is 4.50. The van der Waals surface area contributed by atoms with E-state index in [-0.39, 0.29) is 5.43 Å². The molecule has 1 saturated heterocycles. The van der Waals surface area contributed by atoms with Crippen LogP contribution in [0.15, 0.2) is 57.7 Å². The molecule has 1 aliphatic rings. The highest BCUT2D eigenvalue weighted by Crippen LogP contribution is 2.24. The van der Waals surface area contributed by atoms with Crippen molar-refractivity contribution < 1.29 is 13.9 Å². The van der Waals surface area contributed by atoms with Crippen molar-refractivity contribution in [3.63, 3.8) is 0 Å². The summed E-state index contributed by atoms with van der Waals surface area (Å²) in [5, 5.41) is 9.33. The third kappa shape index (κ3) is 3.78. The maximum Gasteiger partial charge on any atom is 0.200 e. The SMILES string of the molecule is N#Cc1ccc(COc2ccc3oc(N4CCOCC4)cc(=O)c3c2)cc1. The monoisotopic (exact) mass is 362 g/mol. The lowest BCUT2D eigenvalue weighted by Crippen LogP contribution is -2.36. The Labute approximate surface area is 156 Å². The zero-order valence-corrected chi connectivity index (χ0v) is 14.7. The Morgan fingerprint density at radius 2 is 1.85 bits per heavy atom. The Hall–Kier alpha value is -3.30. The van der Waals surface area contributed by atoms with Crippen LogP contribution in [0, 0.1) is 11.3 Å². The van der Waals surface area contributed by atoms with Gasteiger partial charge in [0.2, 0.25) is 0 Å². The summed E-state index contributed by atoms with van der Waals surface area (Å²) in [7, 11) is 0. The van der Waals surface area contributed by atoms with Crippen LogP contribution in [-0.2, 0) is 11.3 Å². The molecular weight excluding hydrogens is 344 g/mol. The number of hydrogen-bond donors (Lipinski definition) is 0. The first-order valence-corrected chi connectivity index (χ1v) is 8.75. The summed E-state index contributed by atoms with van der Waals surface area (Å²) < 4.78 is 17.0. The van der Waals surface area contributed by atoms with Gasteiger partial charge in [-0.1, -0.05) is 12.1 Å². The molecule has 0 bridgehead atoms. The first-order chi connectivity index (χ1) is 13.2. The van der Waals surface area contributed by atoms with E-state index >= 15 is 0 Å². The number of rotatable bonds is 4. The van der Waals surface area contributed by atoms with Gasteiger partial charge in [-0.3, -0.25) is 4.79 Å². The second-order valence-electron chi connectivity index (χ2n) is 6.30. The molecule has 0 aliphatic carbocycles. The first-order valence-electron chi connectivity index (χ1n) is 8.75. The normalized spacial score (nSPS) is 14.1. The highest BCUT2D eigenvalue weighted by molar-refractivity contribution is 5.79. The van der Waals surface area contributed by atoms with Crippen LogP contribution < -0.4 is 15.1 Å². The summed E-state index contributed by atoms with van der Waals surface area (Å²) in [6.45, 7) is 3.03. The van der Waals surface area contributed by atoms with Crippen LogP contribution in [0.2, 0.25) is 0 Å². The maximum atomic E-state index is 12.5. The Morgan fingerprint density at radius 1 is 1.07 bits per heavy atom. The van der Waals surface area contributed by atoms with Crippen molar-refractivity contribution in [2.75, 3.05) is 31.2 Å². The third-order valence-electron chi connectivity index (χ3n) is 4.50. The number of fused-ring (bicyclic) bond motifs is 1. The second kappa shape index (κ2) is 7.52. The van der Waals surface area contributed by atoms with Gasteiger partial charge in [-0.25, -0.2) is 0 Å². The summed E-state index contributed by atoms with van der Waals surface area (Å²) in [6.07, 6.45) is 0. The quantitative estimate of drug-likeness (QED) is 0.710. The first kappa shape index (κ1) is 17.1. The maximum absolute atomic E-state index is 12.5. The van der Waals surface area contributed by atoms with Gasteiger partial charge in [0.25, 0.3) is 0 Å². The molecule has 136 valence electrons.